The largest absolute Gasteiger partial charge is 0.487 e. The number of hydrogen-bond acceptors (Lipinski definition) is 4. The van der Waals surface area contributed by atoms with Gasteiger partial charge < -0.3 is 19.5 Å². The van der Waals surface area contributed by atoms with E-state index in [-0.39, 0.29) is 11.6 Å². The summed E-state index contributed by atoms with van der Waals surface area (Å²) in [6.07, 6.45) is 4.12. The van der Waals surface area contributed by atoms with E-state index < -0.39 is 0 Å². The van der Waals surface area contributed by atoms with Crippen LogP contribution in [0.25, 0.3) is 17.0 Å². The first kappa shape index (κ1) is 15.0. The van der Waals surface area contributed by atoms with Crippen molar-refractivity contribution in [1.82, 2.24) is 9.88 Å². The van der Waals surface area contributed by atoms with E-state index in [0.29, 0.717) is 6.61 Å². The van der Waals surface area contributed by atoms with Gasteiger partial charge in [0.1, 0.15) is 6.61 Å². The number of rotatable bonds is 2. The molecular weight excluding hydrogens is 302 g/mol. The summed E-state index contributed by atoms with van der Waals surface area (Å²) in [4.78, 5) is 14.5. The Labute approximate surface area is 140 Å². The van der Waals surface area contributed by atoms with E-state index in [1.807, 2.05) is 20.0 Å². The summed E-state index contributed by atoms with van der Waals surface area (Å²) in [5.74, 6) is 0.781. The SMILES string of the molecule is C=C1C=Cc2cc3c(C)cc(=O)n(C)c3c3c2N1[C@@H](CNC)CO3. The number of ether oxygens (including phenoxy) is 1. The van der Waals surface area contributed by atoms with Gasteiger partial charge in [-0.3, -0.25) is 4.79 Å². The van der Waals surface area contributed by atoms with Crippen molar-refractivity contribution in [2.24, 2.45) is 7.05 Å². The first-order chi connectivity index (χ1) is 11.5. The number of allylic oxidation sites excluding steroid dienone is 1. The number of nitrogens with one attached hydrogen (secondary N) is 1. The molecule has 0 spiro atoms. The Hall–Kier alpha value is -2.53. The first-order valence-corrected chi connectivity index (χ1v) is 8.14. The summed E-state index contributed by atoms with van der Waals surface area (Å²) in [6, 6.07) is 4.00. The van der Waals surface area contributed by atoms with Crippen LogP contribution in [0.4, 0.5) is 5.69 Å². The quantitative estimate of drug-likeness (QED) is 0.920. The highest BCUT2D eigenvalue weighted by Crippen LogP contribution is 2.47. The molecule has 4 rings (SSSR count). The molecule has 1 aromatic heterocycles. The maximum Gasteiger partial charge on any atom is 0.251 e. The summed E-state index contributed by atoms with van der Waals surface area (Å²) < 4.78 is 7.85. The molecule has 1 atom stereocenters. The van der Waals surface area contributed by atoms with Crippen LogP contribution in [0.15, 0.2) is 35.3 Å². The normalized spacial score (nSPS) is 18.7. The summed E-state index contributed by atoms with van der Waals surface area (Å²) >= 11 is 0. The van der Waals surface area contributed by atoms with Gasteiger partial charge in [0.05, 0.1) is 17.2 Å². The Bertz CT molecular complexity index is 955. The van der Waals surface area contributed by atoms with Gasteiger partial charge >= 0.3 is 0 Å². The van der Waals surface area contributed by atoms with Crippen molar-refractivity contribution >= 4 is 22.7 Å². The van der Waals surface area contributed by atoms with Gasteiger partial charge in [0.25, 0.3) is 5.56 Å². The number of pyridine rings is 1. The van der Waals surface area contributed by atoms with E-state index in [4.69, 9.17) is 4.74 Å². The zero-order valence-electron chi connectivity index (χ0n) is 14.2. The van der Waals surface area contributed by atoms with Gasteiger partial charge in [-0.15, -0.1) is 0 Å². The van der Waals surface area contributed by atoms with E-state index in [9.17, 15) is 4.79 Å². The number of aromatic nitrogens is 1. The average molecular weight is 323 g/mol. The molecule has 0 fully saturated rings. The zero-order chi connectivity index (χ0) is 17.0. The van der Waals surface area contributed by atoms with Crippen LogP contribution in [0, 0.1) is 6.92 Å². The Morgan fingerprint density at radius 2 is 2.17 bits per heavy atom. The van der Waals surface area contributed by atoms with Crippen molar-refractivity contribution in [3.05, 3.63) is 52.0 Å². The molecule has 0 unspecified atom stereocenters. The molecule has 24 heavy (non-hydrogen) atoms. The number of hydrogen-bond donors (Lipinski definition) is 1. The van der Waals surface area contributed by atoms with Crippen LogP contribution < -0.4 is 20.5 Å². The second-order valence-electron chi connectivity index (χ2n) is 6.48. The number of benzene rings is 1. The van der Waals surface area contributed by atoms with Crippen molar-refractivity contribution in [1.29, 1.82) is 0 Å². The lowest BCUT2D eigenvalue weighted by Gasteiger charge is -2.42. The molecule has 124 valence electrons. The monoisotopic (exact) mass is 323 g/mol. The Balaban J connectivity index is 2.09. The molecular formula is C19H21N3O2. The van der Waals surface area contributed by atoms with Crippen LogP contribution in [0.2, 0.25) is 0 Å². The summed E-state index contributed by atoms with van der Waals surface area (Å²) in [7, 11) is 3.74. The molecule has 3 heterocycles. The van der Waals surface area contributed by atoms with Crippen LogP contribution >= 0.6 is 0 Å². The van der Waals surface area contributed by atoms with Gasteiger partial charge in [-0.25, -0.2) is 0 Å². The van der Waals surface area contributed by atoms with Crippen LogP contribution in [-0.2, 0) is 7.05 Å². The summed E-state index contributed by atoms with van der Waals surface area (Å²) in [5, 5.41) is 4.27. The molecule has 5 heteroatoms. The predicted molar refractivity (Wildman–Crippen MR) is 97.8 cm³/mol. The molecule has 2 aromatic rings. The maximum atomic E-state index is 12.3. The number of likely N-dealkylation sites (N-methyl/N-ethyl adjacent to an activating group) is 1. The topological polar surface area (TPSA) is 46.5 Å². The molecule has 1 N–H and O–H groups in total. The van der Waals surface area contributed by atoms with Gasteiger partial charge in [0, 0.05) is 36.3 Å². The number of nitrogens with zero attached hydrogens (tertiary/aromatic N) is 2. The molecule has 0 bridgehead atoms. The third-order valence-corrected chi connectivity index (χ3v) is 4.92. The lowest BCUT2D eigenvalue weighted by Crippen LogP contribution is -2.48. The Morgan fingerprint density at radius 3 is 2.92 bits per heavy atom. The van der Waals surface area contributed by atoms with Crippen molar-refractivity contribution in [2.45, 2.75) is 13.0 Å². The highest BCUT2D eigenvalue weighted by molar-refractivity contribution is 5.99. The molecule has 2 aliphatic heterocycles. The lowest BCUT2D eigenvalue weighted by atomic mass is 9.96. The third kappa shape index (κ3) is 1.94. The van der Waals surface area contributed by atoms with Crippen LogP contribution in [0.5, 0.6) is 5.75 Å². The number of anilines is 1. The van der Waals surface area contributed by atoms with E-state index in [0.717, 1.165) is 45.7 Å². The van der Waals surface area contributed by atoms with Gasteiger partial charge in [-0.2, -0.15) is 0 Å². The first-order valence-electron chi connectivity index (χ1n) is 8.14. The van der Waals surface area contributed by atoms with Crippen LogP contribution in [0.3, 0.4) is 0 Å². The highest BCUT2D eigenvalue weighted by Gasteiger charge is 2.34. The average Bonchev–Trinajstić information content (AvgIpc) is 2.56. The molecule has 0 amide bonds. The Morgan fingerprint density at radius 1 is 1.38 bits per heavy atom. The van der Waals surface area contributed by atoms with E-state index >= 15 is 0 Å². The highest BCUT2D eigenvalue weighted by atomic mass is 16.5. The molecule has 2 aliphatic rings. The van der Waals surface area contributed by atoms with Crippen molar-refractivity contribution in [2.75, 3.05) is 25.1 Å². The second-order valence-corrected chi connectivity index (χ2v) is 6.48. The van der Waals surface area contributed by atoms with Crippen LogP contribution in [0.1, 0.15) is 11.1 Å². The molecule has 1 aromatic carbocycles. The molecule has 0 radical (unpaired) electrons. The molecule has 0 saturated carbocycles. The van der Waals surface area contributed by atoms with Gasteiger partial charge in [-0.05, 0) is 31.7 Å². The maximum absolute atomic E-state index is 12.3. The molecule has 0 saturated heterocycles. The Kier molecular flexibility index (Phi) is 3.28. The zero-order valence-corrected chi connectivity index (χ0v) is 14.2. The minimum Gasteiger partial charge on any atom is -0.487 e. The number of aryl methyl sites for hydroxylation is 2. The summed E-state index contributed by atoms with van der Waals surface area (Å²) in [6.45, 7) is 7.53. The van der Waals surface area contributed by atoms with Crippen molar-refractivity contribution in [3.8, 4) is 5.75 Å². The van der Waals surface area contributed by atoms with Gasteiger partial charge in [-0.1, -0.05) is 12.7 Å². The van der Waals surface area contributed by atoms with Crippen molar-refractivity contribution < 1.29 is 4.74 Å². The standard InChI is InChI=1S/C19H21N3O2/c1-11-7-16(23)21(4)18-15(11)8-13-6-5-12(2)22-14(9-20-3)10-24-19(18)17(13)22/h5-8,14,20H,2,9-10H2,1,3-4H3/t14-/m0/s1. The fraction of sp³-hybridized carbons (Fsp3) is 0.316. The predicted octanol–water partition coefficient (Wildman–Crippen LogP) is 2.17. The fourth-order valence-electron chi connectivity index (χ4n) is 3.74. The molecule has 0 aliphatic carbocycles. The number of fused-ring (bicyclic) bond motifs is 2. The smallest absolute Gasteiger partial charge is 0.251 e. The van der Waals surface area contributed by atoms with Gasteiger partial charge in [0.15, 0.2) is 5.75 Å². The second kappa shape index (κ2) is 5.24. The minimum atomic E-state index is -0.0196. The van der Waals surface area contributed by atoms with E-state index in [1.165, 1.54) is 0 Å². The minimum absolute atomic E-state index is 0.0196. The van der Waals surface area contributed by atoms with Crippen molar-refractivity contribution in [3.63, 3.8) is 0 Å². The summed E-state index contributed by atoms with van der Waals surface area (Å²) in [5.41, 5.74) is 4.87. The van der Waals surface area contributed by atoms with Gasteiger partial charge in [0.2, 0.25) is 0 Å². The third-order valence-electron chi connectivity index (χ3n) is 4.92. The fourth-order valence-corrected chi connectivity index (χ4v) is 3.74. The van der Waals surface area contributed by atoms with E-state index in [1.54, 1.807) is 17.7 Å². The van der Waals surface area contributed by atoms with E-state index in [2.05, 4.69) is 28.9 Å². The lowest BCUT2D eigenvalue weighted by molar-refractivity contribution is 0.268. The molecule has 5 nitrogen and oxygen atoms in total. The van der Waals surface area contributed by atoms with Crippen LogP contribution in [-0.4, -0.2) is 30.8 Å².